The molecule has 1 aliphatic carbocycles. The highest BCUT2D eigenvalue weighted by atomic mass is 16.5. The molecule has 3 aromatic rings. The Hall–Kier alpha value is -5.00. The zero-order valence-electron chi connectivity index (χ0n) is 24.3. The van der Waals surface area contributed by atoms with Gasteiger partial charge in [-0.3, -0.25) is 24.1 Å². The third-order valence-electron chi connectivity index (χ3n) is 8.95. The zero-order chi connectivity index (χ0) is 31.0. The molecule has 1 fully saturated rings. The third kappa shape index (κ3) is 5.10. The molecule has 3 aliphatic rings. The van der Waals surface area contributed by atoms with Gasteiger partial charge in [-0.2, -0.15) is 9.78 Å². The first-order valence-electron chi connectivity index (χ1n) is 14.8. The first-order chi connectivity index (χ1) is 21.3. The molecular weight excluding hydrogens is 566 g/mol. The van der Waals surface area contributed by atoms with Gasteiger partial charge in [-0.05, 0) is 49.1 Å². The van der Waals surface area contributed by atoms with E-state index in [2.05, 4.69) is 10.4 Å². The summed E-state index contributed by atoms with van der Waals surface area (Å²) >= 11 is 0. The lowest BCUT2D eigenvalue weighted by Crippen LogP contribution is -2.51. The molecule has 12 heteroatoms. The van der Waals surface area contributed by atoms with Gasteiger partial charge in [0.2, 0.25) is 11.8 Å². The first-order valence-corrected chi connectivity index (χ1v) is 14.8. The van der Waals surface area contributed by atoms with E-state index in [9.17, 15) is 29.1 Å². The van der Waals surface area contributed by atoms with Crippen molar-refractivity contribution in [2.24, 2.45) is 11.8 Å². The summed E-state index contributed by atoms with van der Waals surface area (Å²) in [5.74, 6) is -1.82. The van der Waals surface area contributed by atoms with Gasteiger partial charge in [0, 0.05) is 31.0 Å². The largest absolute Gasteiger partial charge is 0.487 e. The fourth-order valence-electron chi connectivity index (χ4n) is 6.80. The van der Waals surface area contributed by atoms with E-state index in [1.54, 1.807) is 42.3 Å². The molecule has 1 saturated carbocycles. The fraction of sp³-hybridized carbons (Fsp3) is 0.375. The number of carbonyl (C=O) groups excluding carboxylic acids is 4. The van der Waals surface area contributed by atoms with E-state index in [4.69, 9.17) is 4.74 Å². The minimum atomic E-state index is -1.25. The van der Waals surface area contributed by atoms with Crippen LogP contribution in [0.25, 0.3) is 0 Å². The van der Waals surface area contributed by atoms with Crippen molar-refractivity contribution < 1.29 is 33.8 Å². The van der Waals surface area contributed by atoms with E-state index in [1.807, 2.05) is 12.1 Å². The minimum Gasteiger partial charge on any atom is -0.487 e. The lowest BCUT2D eigenvalue weighted by atomic mass is 9.77. The van der Waals surface area contributed by atoms with Crippen LogP contribution in [0.5, 0.6) is 5.75 Å². The number of nitrogens with one attached hydrogen (secondary N) is 1. The van der Waals surface area contributed by atoms with Crippen LogP contribution in [0.3, 0.4) is 0 Å². The molecule has 44 heavy (non-hydrogen) atoms. The second-order valence-corrected chi connectivity index (χ2v) is 11.3. The number of hydrogen-bond donors (Lipinski definition) is 2. The van der Waals surface area contributed by atoms with Crippen LogP contribution in [0.1, 0.15) is 69.3 Å². The van der Waals surface area contributed by atoms with Gasteiger partial charge >= 0.3 is 6.09 Å². The van der Waals surface area contributed by atoms with Gasteiger partial charge in [0.05, 0.1) is 35.6 Å². The van der Waals surface area contributed by atoms with E-state index in [1.165, 1.54) is 17.2 Å². The smallest absolute Gasteiger partial charge is 0.432 e. The molecule has 6 rings (SSSR count). The summed E-state index contributed by atoms with van der Waals surface area (Å²) in [6.07, 6.45) is 3.47. The molecule has 0 unspecified atom stereocenters. The Morgan fingerprint density at radius 1 is 0.977 bits per heavy atom. The van der Waals surface area contributed by atoms with Crippen LogP contribution in [0.15, 0.2) is 54.7 Å². The molecule has 0 bridgehead atoms. The molecule has 0 spiro atoms. The van der Waals surface area contributed by atoms with E-state index < -0.39 is 35.8 Å². The Bertz CT molecular complexity index is 1610. The van der Waals surface area contributed by atoms with Crippen LogP contribution in [-0.2, 0) is 22.6 Å². The molecule has 12 nitrogen and oxygen atoms in total. The van der Waals surface area contributed by atoms with Gasteiger partial charge in [0.15, 0.2) is 0 Å². The molecule has 0 saturated heterocycles. The normalized spacial score (nSPS) is 21.1. The van der Waals surface area contributed by atoms with Gasteiger partial charge in [0.1, 0.15) is 12.4 Å². The van der Waals surface area contributed by atoms with E-state index in [0.29, 0.717) is 53.9 Å². The molecule has 3 heterocycles. The highest BCUT2D eigenvalue weighted by Crippen LogP contribution is 2.41. The lowest BCUT2D eigenvalue weighted by Gasteiger charge is -2.42. The van der Waals surface area contributed by atoms with Crippen LogP contribution in [0.4, 0.5) is 4.79 Å². The van der Waals surface area contributed by atoms with Crippen LogP contribution < -0.4 is 10.1 Å². The Kier molecular flexibility index (Phi) is 7.90. The Labute approximate surface area is 253 Å². The lowest BCUT2D eigenvalue weighted by molar-refractivity contribution is -0.146. The maximum absolute atomic E-state index is 14.4. The molecule has 2 aliphatic heterocycles. The first kappa shape index (κ1) is 29.1. The number of fused-ring (bicyclic) bond motifs is 2. The van der Waals surface area contributed by atoms with Crippen molar-refractivity contribution in [3.63, 3.8) is 0 Å². The summed E-state index contributed by atoms with van der Waals surface area (Å²) in [6, 6.07) is 12.9. The summed E-state index contributed by atoms with van der Waals surface area (Å²) in [7, 11) is 1.57. The number of carbonyl (C=O) groups is 5. The second kappa shape index (κ2) is 11.9. The summed E-state index contributed by atoms with van der Waals surface area (Å²) in [5.41, 5.74) is 2.48. The number of ether oxygens (including phenoxy) is 1. The van der Waals surface area contributed by atoms with E-state index >= 15 is 0 Å². The number of benzene rings is 2. The molecule has 2 aromatic carbocycles. The number of hydrogen-bond acceptors (Lipinski definition) is 7. The average molecular weight is 600 g/mol. The van der Waals surface area contributed by atoms with Gasteiger partial charge in [-0.15, -0.1) is 0 Å². The van der Waals surface area contributed by atoms with E-state index in [0.717, 1.165) is 23.1 Å². The van der Waals surface area contributed by atoms with Gasteiger partial charge in [-0.25, -0.2) is 4.79 Å². The molecule has 1 aromatic heterocycles. The highest BCUT2D eigenvalue weighted by molar-refractivity contribution is 6.21. The number of amides is 4. The molecule has 3 atom stereocenters. The third-order valence-corrected chi connectivity index (χ3v) is 8.95. The Balaban J connectivity index is 1.38. The number of rotatable bonds is 7. The quantitative estimate of drug-likeness (QED) is 0.393. The van der Waals surface area contributed by atoms with Gasteiger partial charge in [-0.1, -0.05) is 37.1 Å². The SMILES string of the molecule is CNC(=O)[C@H]1CCCC[C@H]1C(=O)N1CCc2cccc(OCc3ccnn3C(=O)O)c2[C@H]1CN1C(=O)c2ccccc2C1=O. The second-order valence-electron chi connectivity index (χ2n) is 11.3. The zero-order valence-corrected chi connectivity index (χ0v) is 24.3. The van der Waals surface area contributed by atoms with Crippen molar-refractivity contribution in [2.75, 3.05) is 20.1 Å². The summed E-state index contributed by atoms with van der Waals surface area (Å²) in [6.45, 7) is 0.125. The van der Waals surface area contributed by atoms with Crippen LogP contribution >= 0.6 is 0 Å². The molecule has 0 radical (unpaired) electrons. The van der Waals surface area contributed by atoms with Crippen LogP contribution in [-0.4, -0.2) is 74.5 Å². The van der Waals surface area contributed by atoms with Gasteiger partial charge < -0.3 is 20.1 Å². The standard InChI is InChI=1S/C32H33N5O7/c1-33-28(38)21-8-2-3-9-22(21)29(39)35-16-14-19-7-6-12-26(44-18-20-13-15-34-37(20)32(42)43)27(19)25(35)17-36-30(40)23-10-4-5-11-24(23)31(36)41/h4-7,10-13,15,21-22,25H,2-3,8-9,14,16-18H2,1H3,(H,33,38)(H,42,43)/t21-,22+,25+/m0/s1. The van der Waals surface area contributed by atoms with Crippen molar-refractivity contribution in [2.45, 2.75) is 44.8 Å². The fourth-order valence-corrected chi connectivity index (χ4v) is 6.80. The average Bonchev–Trinajstić information content (AvgIpc) is 3.62. The Morgan fingerprint density at radius 3 is 2.36 bits per heavy atom. The molecule has 2 N–H and O–H groups in total. The maximum atomic E-state index is 14.4. The minimum absolute atomic E-state index is 0.101. The summed E-state index contributed by atoms with van der Waals surface area (Å²) < 4.78 is 7.01. The predicted molar refractivity (Wildman–Crippen MR) is 156 cm³/mol. The van der Waals surface area contributed by atoms with Crippen molar-refractivity contribution in [3.8, 4) is 5.75 Å². The molecular formula is C32H33N5O7. The van der Waals surface area contributed by atoms with Crippen LogP contribution in [0, 0.1) is 11.8 Å². The monoisotopic (exact) mass is 599 g/mol. The van der Waals surface area contributed by atoms with E-state index in [-0.39, 0.29) is 25.0 Å². The predicted octanol–water partition coefficient (Wildman–Crippen LogP) is 3.26. The van der Waals surface area contributed by atoms with Crippen molar-refractivity contribution in [1.82, 2.24) is 24.9 Å². The number of aromatic nitrogens is 2. The molecule has 228 valence electrons. The number of imide groups is 1. The highest BCUT2D eigenvalue weighted by Gasteiger charge is 2.45. The maximum Gasteiger partial charge on any atom is 0.432 e. The molecule has 4 amide bonds. The topological polar surface area (TPSA) is 151 Å². The van der Waals surface area contributed by atoms with Crippen molar-refractivity contribution in [1.29, 1.82) is 0 Å². The van der Waals surface area contributed by atoms with Gasteiger partial charge in [0.25, 0.3) is 11.8 Å². The Morgan fingerprint density at radius 2 is 1.68 bits per heavy atom. The number of nitrogens with zero attached hydrogens (tertiary/aromatic N) is 4. The number of carboxylic acid groups (broad SMARTS) is 1. The summed E-state index contributed by atoms with van der Waals surface area (Å²) in [5, 5.41) is 16.0. The summed E-state index contributed by atoms with van der Waals surface area (Å²) in [4.78, 5) is 68.6. The van der Waals surface area contributed by atoms with Crippen molar-refractivity contribution >= 4 is 29.7 Å². The van der Waals surface area contributed by atoms with Crippen molar-refractivity contribution in [3.05, 3.63) is 82.7 Å². The van der Waals surface area contributed by atoms with Crippen LogP contribution in [0.2, 0.25) is 0 Å².